The van der Waals surface area contributed by atoms with Crippen molar-refractivity contribution >= 4 is 5.96 Å². The molecule has 2 aromatic rings. The Balaban J connectivity index is 1.91. The van der Waals surface area contributed by atoms with Gasteiger partial charge in [-0.15, -0.1) is 0 Å². The number of benzene rings is 1. The van der Waals surface area contributed by atoms with E-state index in [1.807, 2.05) is 36.4 Å². The van der Waals surface area contributed by atoms with Gasteiger partial charge in [0.15, 0.2) is 5.96 Å². The molecule has 0 radical (unpaired) electrons. The second-order valence-electron chi connectivity index (χ2n) is 5.80. The SMILES string of the molecule is C=CCOc1ccccc1CNC(=NC)NCc1cccnc1OCCOC. The van der Waals surface area contributed by atoms with Gasteiger partial charge in [-0.25, -0.2) is 4.98 Å². The van der Waals surface area contributed by atoms with Crippen molar-refractivity contribution in [1.82, 2.24) is 15.6 Å². The highest BCUT2D eigenvalue weighted by molar-refractivity contribution is 5.79. The normalized spacial score (nSPS) is 11.0. The quantitative estimate of drug-likeness (QED) is 0.268. The van der Waals surface area contributed by atoms with Crippen LogP contribution in [0, 0.1) is 0 Å². The Hall–Kier alpha value is -3.06. The molecule has 0 spiro atoms. The number of rotatable bonds is 11. The Morgan fingerprint density at radius 1 is 1.07 bits per heavy atom. The van der Waals surface area contributed by atoms with Crippen LogP contribution in [0.2, 0.25) is 0 Å². The van der Waals surface area contributed by atoms with Gasteiger partial charge < -0.3 is 24.8 Å². The summed E-state index contributed by atoms with van der Waals surface area (Å²) in [4.78, 5) is 8.56. The first-order chi connectivity index (χ1) is 13.8. The molecule has 0 unspecified atom stereocenters. The predicted octanol–water partition coefficient (Wildman–Crippen LogP) is 2.54. The van der Waals surface area contributed by atoms with Crippen LogP contribution >= 0.6 is 0 Å². The molecule has 0 amide bonds. The number of aromatic nitrogens is 1. The fraction of sp³-hybridized carbons (Fsp3) is 0.333. The van der Waals surface area contributed by atoms with Crippen molar-refractivity contribution in [2.24, 2.45) is 4.99 Å². The van der Waals surface area contributed by atoms with Crippen molar-refractivity contribution in [3.8, 4) is 11.6 Å². The standard InChI is InChI=1S/C21H28N4O3/c1-4-12-27-19-10-6-5-8-17(19)15-24-21(22-2)25-16-18-9-7-11-23-20(18)28-14-13-26-3/h4-11H,1,12-16H2,2-3H3,(H2,22,24,25). The third-order valence-corrected chi connectivity index (χ3v) is 3.82. The molecule has 0 bridgehead atoms. The van der Waals surface area contributed by atoms with Crippen LogP contribution in [0.15, 0.2) is 60.2 Å². The van der Waals surface area contributed by atoms with Crippen LogP contribution in [0.5, 0.6) is 11.6 Å². The van der Waals surface area contributed by atoms with E-state index in [-0.39, 0.29) is 0 Å². The lowest BCUT2D eigenvalue weighted by Gasteiger charge is -2.15. The number of para-hydroxylation sites is 1. The first kappa shape index (κ1) is 21.2. The zero-order chi connectivity index (χ0) is 20.0. The van der Waals surface area contributed by atoms with Gasteiger partial charge in [0.05, 0.1) is 6.61 Å². The third-order valence-electron chi connectivity index (χ3n) is 3.82. The second kappa shape index (κ2) is 12.3. The molecule has 150 valence electrons. The summed E-state index contributed by atoms with van der Waals surface area (Å²) in [7, 11) is 3.37. The lowest BCUT2D eigenvalue weighted by atomic mass is 10.2. The molecule has 1 heterocycles. The molecular formula is C21H28N4O3. The van der Waals surface area contributed by atoms with E-state index in [1.54, 1.807) is 26.4 Å². The Morgan fingerprint density at radius 2 is 1.82 bits per heavy atom. The number of pyridine rings is 1. The molecule has 1 aromatic heterocycles. The molecule has 0 aliphatic carbocycles. The topological polar surface area (TPSA) is 77.0 Å². The van der Waals surface area contributed by atoms with Crippen LogP contribution < -0.4 is 20.1 Å². The van der Waals surface area contributed by atoms with E-state index >= 15 is 0 Å². The molecule has 0 atom stereocenters. The summed E-state index contributed by atoms with van der Waals surface area (Å²) in [5, 5.41) is 6.58. The maximum atomic E-state index is 5.69. The Bertz CT molecular complexity index is 765. The molecule has 7 nitrogen and oxygen atoms in total. The molecule has 0 aliphatic heterocycles. The molecule has 0 fully saturated rings. The predicted molar refractivity (Wildman–Crippen MR) is 111 cm³/mol. The first-order valence-corrected chi connectivity index (χ1v) is 9.10. The summed E-state index contributed by atoms with van der Waals surface area (Å²) in [6.07, 6.45) is 3.43. The monoisotopic (exact) mass is 384 g/mol. The van der Waals surface area contributed by atoms with E-state index in [2.05, 4.69) is 27.2 Å². The summed E-state index contributed by atoms with van der Waals surface area (Å²) in [5.41, 5.74) is 1.98. The van der Waals surface area contributed by atoms with E-state index in [9.17, 15) is 0 Å². The van der Waals surface area contributed by atoms with Crippen molar-refractivity contribution in [2.45, 2.75) is 13.1 Å². The van der Waals surface area contributed by atoms with Crippen molar-refractivity contribution in [3.63, 3.8) is 0 Å². The van der Waals surface area contributed by atoms with Gasteiger partial charge in [0.2, 0.25) is 5.88 Å². The van der Waals surface area contributed by atoms with Gasteiger partial charge in [-0.1, -0.05) is 36.9 Å². The number of hydrogen-bond donors (Lipinski definition) is 2. The average Bonchev–Trinajstić information content (AvgIpc) is 2.74. The molecule has 2 N–H and O–H groups in total. The van der Waals surface area contributed by atoms with E-state index < -0.39 is 0 Å². The fourth-order valence-corrected chi connectivity index (χ4v) is 2.43. The largest absolute Gasteiger partial charge is 0.489 e. The molecule has 28 heavy (non-hydrogen) atoms. The molecule has 1 aromatic carbocycles. The van der Waals surface area contributed by atoms with Crippen LogP contribution in [-0.2, 0) is 17.8 Å². The lowest BCUT2D eigenvalue weighted by Crippen LogP contribution is -2.36. The summed E-state index contributed by atoms with van der Waals surface area (Å²) < 4.78 is 16.4. The van der Waals surface area contributed by atoms with E-state index in [0.717, 1.165) is 16.9 Å². The van der Waals surface area contributed by atoms with Gasteiger partial charge in [0, 0.05) is 44.6 Å². The molecule has 0 saturated heterocycles. The van der Waals surface area contributed by atoms with Crippen molar-refractivity contribution in [3.05, 3.63) is 66.4 Å². The fourth-order valence-electron chi connectivity index (χ4n) is 2.43. The summed E-state index contributed by atoms with van der Waals surface area (Å²) in [6.45, 7) is 6.23. The van der Waals surface area contributed by atoms with Crippen molar-refractivity contribution < 1.29 is 14.2 Å². The molecule has 0 saturated carbocycles. The second-order valence-corrected chi connectivity index (χ2v) is 5.80. The number of nitrogens with one attached hydrogen (secondary N) is 2. The van der Waals surface area contributed by atoms with E-state index in [0.29, 0.717) is 44.7 Å². The highest BCUT2D eigenvalue weighted by Crippen LogP contribution is 2.18. The Kier molecular flexibility index (Phi) is 9.37. The van der Waals surface area contributed by atoms with Crippen LogP contribution in [0.25, 0.3) is 0 Å². The highest BCUT2D eigenvalue weighted by Gasteiger charge is 2.07. The van der Waals surface area contributed by atoms with Crippen LogP contribution in [0.4, 0.5) is 0 Å². The molecule has 2 rings (SSSR count). The third kappa shape index (κ3) is 6.92. The van der Waals surface area contributed by atoms with Gasteiger partial charge in [-0.05, 0) is 12.1 Å². The first-order valence-electron chi connectivity index (χ1n) is 9.10. The van der Waals surface area contributed by atoms with Crippen LogP contribution in [0.3, 0.4) is 0 Å². The number of methoxy groups -OCH3 is 1. The van der Waals surface area contributed by atoms with Gasteiger partial charge in [0.1, 0.15) is 19.0 Å². The number of guanidine groups is 1. The van der Waals surface area contributed by atoms with Crippen molar-refractivity contribution in [2.75, 3.05) is 34.0 Å². The number of nitrogens with zero attached hydrogens (tertiary/aromatic N) is 2. The molecular weight excluding hydrogens is 356 g/mol. The molecule has 0 aliphatic rings. The summed E-state index contributed by atoms with van der Waals surface area (Å²) >= 11 is 0. The molecule has 7 heteroatoms. The zero-order valence-electron chi connectivity index (χ0n) is 16.5. The minimum atomic E-state index is 0.453. The number of ether oxygens (including phenoxy) is 3. The van der Waals surface area contributed by atoms with Gasteiger partial charge in [0.25, 0.3) is 0 Å². The zero-order valence-corrected chi connectivity index (χ0v) is 16.5. The minimum Gasteiger partial charge on any atom is -0.489 e. The smallest absolute Gasteiger partial charge is 0.218 e. The lowest BCUT2D eigenvalue weighted by molar-refractivity contribution is 0.143. The van der Waals surface area contributed by atoms with Crippen molar-refractivity contribution in [1.29, 1.82) is 0 Å². The van der Waals surface area contributed by atoms with E-state index in [1.165, 1.54) is 0 Å². The number of hydrogen-bond acceptors (Lipinski definition) is 5. The highest BCUT2D eigenvalue weighted by atomic mass is 16.5. The van der Waals surface area contributed by atoms with E-state index in [4.69, 9.17) is 14.2 Å². The van der Waals surface area contributed by atoms with Crippen LogP contribution in [-0.4, -0.2) is 44.9 Å². The Labute approximate surface area is 166 Å². The number of aliphatic imine (C=N–C) groups is 1. The van der Waals surface area contributed by atoms with Gasteiger partial charge in [-0.2, -0.15) is 0 Å². The van der Waals surface area contributed by atoms with Gasteiger partial charge in [-0.3, -0.25) is 4.99 Å². The maximum Gasteiger partial charge on any atom is 0.218 e. The summed E-state index contributed by atoms with van der Waals surface area (Å²) in [6, 6.07) is 11.7. The Morgan fingerprint density at radius 3 is 2.57 bits per heavy atom. The minimum absolute atomic E-state index is 0.453. The summed E-state index contributed by atoms with van der Waals surface area (Å²) in [5.74, 6) is 2.09. The maximum absolute atomic E-state index is 5.69. The van der Waals surface area contributed by atoms with Crippen LogP contribution in [0.1, 0.15) is 11.1 Å². The van der Waals surface area contributed by atoms with Gasteiger partial charge >= 0.3 is 0 Å². The average molecular weight is 384 g/mol.